The van der Waals surface area contributed by atoms with Gasteiger partial charge in [-0.1, -0.05) is 30.3 Å². The molecule has 0 saturated carbocycles. The molecule has 1 N–H and O–H groups in total. The number of nitrogens with one attached hydrogen (secondary N) is 1. The molecule has 2 aromatic carbocycles. The fraction of sp³-hybridized carbons (Fsp3) is 0.368. The van der Waals surface area contributed by atoms with Gasteiger partial charge in [0.25, 0.3) is 0 Å². The standard InChI is InChI=1S/C19H24FNO3S/c1-15(2)24-18-11-9-16(10-12-18)6-5-13-21-25(22,23)14-17-7-3-4-8-19(17)20/h3-4,7-12,15,21H,5-6,13-14H2,1-2H3. The van der Waals surface area contributed by atoms with Crippen molar-refractivity contribution in [3.8, 4) is 5.75 Å². The van der Waals surface area contributed by atoms with Crippen LogP contribution in [0.1, 0.15) is 31.4 Å². The first-order valence-electron chi connectivity index (χ1n) is 8.32. The average molecular weight is 365 g/mol. The van der Waals surface area contributed by atoms with Gasteiger partial charge >= 0.3 is 0 Å². The summed E-state index contributed by atoms with van der Waals surface area (Å²) in [6, 6.07) is 13.7. The molecule has 25 heavy (non-hydrogen) atoms. The van der Waals surface area contributed by atoms with Crippen LogP contribution in [0.15, 0.2) is 48.5 Å². The van der Waals surface area contributed by atoms with Crippen LogP contribution < -0.4 is 9.46 Å². The molecule has 0 aliphatic carbocycles. The topological polar surface area (TPSA) is 55.4 Å². The third-order valence-corrected chi connectivity index (χ3v) is 4.90. The number of rotatable bonds is 9. The highest BCUT2D eigenvalue weighted by molar-refractivity contribution is 7.88. The number of sulfonamides is 1. The number of ether oxygens (including phenoxy) is 1. The number of benzene rings is 2. The van der Waals surface area contributed by atoms with Crippen molar-refractivity contribution >= 4 is 10.0 Å². The average Bonchev–Trinajstić information content (AvgIpc) is 2.55. The van der Waals surface area contributed by atoms with Crippen molar-refractivity contribution in [2.75, 3.05) is 6.54 Å². The van der Waals surface area contributed by atoms with Gasteiger partial charge in [0.1, 0.15) is 11.6 Å². The number of halogens is 1. The maximum atomic E-state index is 13.5. The van der Waals surface area contributed by atoms with Crippen molar-refractivity contribution in [2.24, 2.45) is 0 Å². The van der Waals surface area contributed by atoms with E-state index >= 15 is 0 Å². The molecule has 0 heterocycles. The molecule has 6 heteroatoms. The third-order valence-electron chi connectivity index (χ3n) is 3.56. The lowest BCUT2D eigenvalue weighted by Gasteiger charge is -2.10. The van der Waals surface area contributed by atoms with Gasteiger partial charge in [0, 0.05) is 12.1 Å². The summed E-state index contributed by atoms with van der Waals surface area (Å²) in [7, 11) is -3.54. The second-order valence-electron chi connectivity index (χ2n) is 6.16. The van der Waals surface area contributed by atoms with E-state index in [1.54, 1.807) is 6.07 Å². The van der Waals surface area contributed by atoms with Crippen molar-refractivity contribution < 1.29 is 17.5 Å². The van der Waals surface area contributed by atoms with Crippen LogP contribution >= 0.6 is 0 Å². The SMILES string of the molecule is CC(C)Oc1ccc(CCCNS(=O)(=O)Cc2ccccc2F)cc1. The normalized spacial score (nSPS) is 11.7. The molecule has 0 radical (unpaired) electrons. The van der Waals surface area contributed by atoms with Crippen molar-refractivity contribution in [1.82, 2.24) is 4.72 Å². The molecule has 0 aliphatic heterocycles. The first-order chi connectivity index (χ1) is 11.9. The molecule has 0 atom stereocenters. The Morgan fingerprint density at radius 3 is 2.40 bits per heavy atom. The molecule has 2 aromatic rings. The number of hydrogen-bond acceptors (Lipinski definition) is 3. The lowest BCUT2D eigenvalue weighted by atomic mass is 10.1. The molecule has 0 aliphatic rings. The Labute approximate surface area is 149 Å². The van der Waals surface area contributed by atoms with E-state index in [0.717, 1.165) is 17.7 Å². The Morgan fingerprint density at radius 2 is 1.76 bits per heavy atom. The van der Waals surface area contributed by atoms with Crippen LogP contribution in [-0.2, 0) is 22.2 Å². The zero-order valence-electron chi connectivity index (χ0n) is 14.5. The quantitative estimate of drug-likeness (QED) is 0.690. The van der Waals surface area contributed by atoms with Gasteiger partial charge in [-0.3, -0.25) is 0 Å². The molecule has 4 nitrogen and oxygen atoms in total. The van der Waals surface area contributed by atoms with E-state index in [9.17, 15) is 12.8 Å². The lowest BCUT2D eigenvalue weighted by molar-refractivity contribution is 0.242. The first-order valence-corrected chi connectivity index (χ1v) is 9.97. The monoisotopic (exact) mass is 365 g/mol. The zero-order chi connectivity index (χ0) is 18.3. The van der Waals surface area contributed by atoms with Gasteiger partial charge in [0.05, 0.1) is 11.9 Å². The second-order valence-corrected chi connectivity index (χ2v) is 7.97. The molecule has 0 fully saturated rings. The van der Waals surface area contributed by atoms with Gasteiger partial charge < -0.3 is 4.74 Å². The van der Waals surface area contributed by atoms with E-state index in [-0.39, 0.29) is 17.4 Å². The van der Waals surface area contributed by atoms with Crippen LogP contribution in [0.2, 0.25) is 0 Å². The van der Waals surface area contributed by atoms with E-state index in [0.29, 0.717) is 13.0 Å². The largest absolute Gasteiger partial charge is 0.491 e. The Balaban J connectivity index is 1.77. The summed E-state index contributed by atoms with van der Waals surface area (Å²) >= 11 is 0. The van der Waals surface area contributed by atoms with Gasteiger partial charge in [-0.05, 0) is 50.5 Å². The Bertz CT molecular complexity index is 774. The third kappa shape index (κ3) is 6.84. The van der Waals surface area contributed by atoms with Crippen molar-refractivity contribution in [2.45, 2.75) is 38.5 Å². The van der Waals surface area contributed by atoms with Crippen LogP contribution in [-0.4, -0.2) is 21.1 Å². The number of hydrogen-bond donors (Lipinski definition) is 1. The fourth-order valence-corrected chi connectivity index (χ4v) is 3.60. The van der Waals surface area contributed by atoms with Gasteiger partial charge in [-0.2, -0.15) is 0 Å². The molecular formula is C19H24FNO3S. The lowest BCUT2D eigenvalue weighted by Crippen LogP contribution is -2.26. The molecule has 0 spiro atoms. The summed E-state index contributed by atoms with van der Waals surface area (Å²) in [4.78, 5) is 0. The van der Waals surface area contributed by atoms with Crippen molar-refractivity contribution in [3.05, 3.63) is 65.5 Å². The molecule has 2 rings (SSSR count). The molecule has 0 amide bonds. The zero-order valence-corrected chi connectivity index (χ0v) is 15.4. The smallest absolute Gasteiger partial charge is 0.215 e. The van der Waals surface area contributed by atoms with E-state index in [2.05, 4.69) is 4.72 Å². The fourth-order valence-electron chi connectivity index (χ4n) is 2.40. The molecule has 0 saturated heterocycles. The highest BCUT2D eigenvalue weighted by Crippen LogP contribution is 2.15. The van der Waals surface area contributed by atoms with Gasteiger partial charge in [0.15, 0.2) is 0 Å². The van der Waals surface area contributed by atoms with E-state index in [1.807, 2.05) is 38.1 Å². The van der Waals surface area contributed by atoms with Crippen molar-refractivity contribution in [3.63, 3.8) is 0 Å². The summed E-state index contributed by atoms with van der Waals surface area (Å²) in [6.07, 6.45) is 1.56. The Morgan fingerprint density at radius 1 is 1.08 bits per heavy atom. The Hall–Kier alpha value is -1.92. The molecule has 0 unspecified atom stereocenters. The molecule has 0 aromatic heterocycles. The predicted octanol–water partition coefficient (Wildman–Crippen LogP) is 3.67. The van der Waals surface area contributed by atoms with Crippen LogP contribution in [0.3, 0.4) is 0 Å². The van der Waals surface area contributed by atoms with Gasteiger partial charge in [0.2, 0.25) is 10.0 Å². The van der Waals surface area contributed by atoms with E-state index < -0.39 is 15.8 Å². The predicted molar refractivity (Wildman–Crippen MR) is 97.6 cm³/mol. The maximum Gasteiger partial charge on any atom is 0.215 e. The van der Waals surface area contributed by atoms with Crippen LogP contribution in [0, 0.1) is 5.82 Å². The van der Waals surface area contributed by atoms with Gasteiger partial charge in [-0.15, -0.1) is 0 Å². The molecular weight excluding hydrogens is 341 g/mol. The van der Waals surface area contributed by atoms with E-state index in [1.165, 1.54) is 18.2 Å². The number of aryl methyl sites for hydroxylation is 1. The second kappa shape index (κ2) is 8.97. The maximum absolute atomic E-state index is 13.5. The summed E-state index contributed by atoms with van der Waals surface area (Å²) in [5.41, 5.74) is 1.29. The summed E-state index contributed by atoms with van der Waals surface area (Å²) < 4.78 is 45.7. The van der Waals surface area contributed by atoms with Crippen molar-refractivity contribution in [1.29, 1.82) is 0 Å². The summed E-state index contributed by atoms with van der Waals surface area (Å²) in [5, 5.41) is 0. The minimum atomic E-state index is -3.54. The summed E-state index contributed by atoms with van der Waals surface area (Å²) in [5.74, 6) is -0.0260. The summed E-state index contributed by atoms with van der Waals surface area (Å²) in [6.45, 7) is 4.27. The minimum Gasteiger partial charge on any atom is -0.491 e. The Kier molecular flexibility index (Phi) is 6.96. The minimum absolute atomic E-state index is 0.134. The highest BCUT2D eigenvalue weighted by Gasteiger charge is 2.13. The first kappa shape index (κ1) is 19.4. The van der Waals surface area contributed by atoms with Crippen LogP contribution in [0.5, 0.6) is 5.75 Å². The molecule has 0 bridgehead atoms. The molecule has 136 valence electrons. The van der Waals surface area contributed by atoms with Gasteiger partial charge in [-0.25, -0.2) is 17.5 Å². The highest BCUT2D eigenvalue weighted by atomic mass is 32.2. The van der Waals surface area contributed by atoms with E-state index in [4.69, 9.17) is 4.74 Å². The van der Waals surface area contributed by atoms with Crippen LogP contribution in [0.4, 0.5) is 4.39 Å². The van der Waals surface area contributed by atoms with Crippen LogP contribution in [0.25, 0.3) is 0 Å².